The summed E-state index contributed by atoms with van der Waals surface area (Å²) in [6.07, 6.45) is 0. The number of halogens is 5. The predicted molar refractivity (Wildman–Crippen MR) is 33.2 cm³/mol. The summed E-state index contributed by atoms with van der Waals surface area (Å²) in [5.74, 6) is -13.9. The van der Waals surface area contributed by atoms with E-state index in [9.17, 15) is 26.7 Å². The van der Waals surface area contributed by atoms with Crippen molar-refractivity contribution in [3.63, 3.8) is 0 Å². The Kier molecular flexibility index (Phi) is 4.44. The topological polar surface area (TPSA) is 37.3 Å². The molecule has 0 bridgehead atoms. The first-order chi connectivity index (χ1) is 6.37. The summed E-state index contributed by atoms with van der Waals surface area (Å²) in [5, 5.41) is 8.15. The molecule has 1 aromatic carbocycles. The molecule has 1 N–H and O–H groups in total. The van der Waals surface area contributed by atoms with Crippen molar-refractivity contribution in [3.05, 3.63) is 34.6 Å². The Morgan fingerprint density at radius 3 is 1.33 bits per heavy atom. The maximum Gasteiger partial charge on any atom is 0.341 e. The van der Waals surface area contributed by atoms with Crippen LogP contribution in [0.15, 0.2) is 0 Å². The molecule has 0 spiro atoms. The third-order valence-corrected chi connectivity index (χ3v) is 1.42. The van der Waals surface area contributed by atoms with Crippen molar-refractivity contribution in [3.8, 4) is 0 Å². The minimum Gasteiger partial charge on any atom is -0.477 e. The summed E-state index contributed by atoms with van der Waals surface area (Å²) in [5.41, 5.74) is -1.86. The molecule has 8 heteroatoms. The van der Waals surface area contributed by atoms with Crippen molar-refractivity contribution in [1.29, 1.82) is 0 Å². The molecule has 0 aliphatic carbocycles. The van der Waals surface area contributed by atoms with E-state index in [1.165, 1.54) is 0 Å². The van der Waals surface area contributed by atoms with Gasteiger partial charge in [-0.15, -0.1) is 0 Å². The zero-order chi connectivity index (χ0) is 11.0. The van der Waals surface area contributed by atoms with Gasteiger partial charge in [-0.05, 0) is 0 Å². The molecule has 0 saturated heterocycles. The summed E-state index contributed by atoms with van der Waals surface area (Å²) in [6.45, 7) is 0. The van der Waals surface area contributed by atoms with Crippen LogP contribution < -0.4 is 0 Å². The maximum atomic E-state index is 12.6. The Bertz CT molecular complexity index is 391. The Morgan fingerprint density at radius 1 is 0.800 bits per heavy atom. The monoisotopic (exact) mass is 319 g/mol. The predicted octanol–water partition coefficient (Wildman–Crippen LogP) is 2.08. The normalized spacial score (nSPS) is 9.67. The van der Waals surface area contributed by atoms with Crippen molar-refractivity contribution < 1.29 is 54.2 Å². The van der Waals surface area contributed by atoms with E-state index in [0.29, 0.717) is 0 Å². The number of carboxylic acids is 1. The number of rotatable bonds is 1. The average Bonchev–Trinajstić information content (AvgIpc) is 2.11. The number of benzene rings is 1. The Labute approximate surface area is 95.2 Å². The fourth-order valence-electron chi connectivity index (χ4n) is 0.793. The summed E-state index contributed by atoms with van der Waals surface area (Å²) in [6, 6.07) is 0. The van der Waals surface area contributed by atoms with Gasteiger partial charge in [0.2, 0.25) is 5.82 Å². The largest absolute Gasteiger partial charge is 0.477 e. The Hall–Kier alpha value is -0.920. The molecule has 1 radical (unpaired) electrons. The third kappa shape index (κ3) is 2.19. The van der Waals surface area contributed by atoms with Crippen LogP contribution >= 0.6 is 0 Å². The maximum absolute atomic E-state index is 12.6. The van der Waals surface area contributed by atoms with Crippen LogP contribution in [0.5, 0.6) is 0 Å². The minimum atomic E-state index is -2.38. The smallest absolute Gasteiger partial charge is 0.341 e. The number of hydrogen-bond donors (Lipinski definition) is 1. The summed E-state index contributed by atoms with van der Waals surface area (Å²) in [4.78, 5) is 10.1. The second-order valence-electron chi connectivity index (χ2n) is 2.25. The molecule has 0 heterocycles. The van der Waals surface area contributed by atoms with Crippen LogP contribution in [-0.4, -0.2) is 11.1 Å². The zero-order valence-corrected chi connectivity index (χ0v) is 8.03. The van der Waals surface area contributed by atoms with Gasteiger partial charge in [0.15, 0.2) is 23.3 Å². The molecule has 87 valence electrons. The molecule has 1 aromatic rings. The first-order valence-electron chi connectivity index (χ1n) is 3.12. The van der Waals surface area contributed by atoms with Crippen molar-refractivity contribution in [2.45, 2.75) is 0 Å². The van der Waals surface area contributed by atoms with Gasteiger partial charge in [-0.1, -0.05) is 0 Å². The Morgan fingerprint density at radius 2 is 1.07 bits per heavy atom. The first-order valence-corrected chi connectivity index (χ1v) is 3.12. The van der Waals surface area contributed by atoms with Gasteiger partial charge in [0.25, 0.3) is 0 Å². The summed E-state index contributed by atoms with van der Waals surface area (Å²) >= 11 is 0. The first kappa shape index (κ1) is 14.1. The van der Waals surface area contributed by atoms with Crippen LogP contribution in [0.25, 0.3) is 0 Å². The van der Waals surface area contributed by atoms with Crippen molar-refractivity contribution in [2.24, 2.45) is 0 Å². The van der Waals surface area contributed by atoms with Crippen LogP contribution in [-0.2, 0) is 22.4 Å². The van der Waals surface area contributed by atoms with E-state index in [1.807, 2.05) is 0 Å². The van der Waals surface area contributed by atoms with Crippen LogP contribution in [0.4, 0.5) is 22.0 Å². The van der Waals surface area contributed by atoms with E-state index in [4.69, 9.17) is 5.11 Å². The molecule has 0 saturated carbocycles. The molecule has 0 amide bonds. The van der Waals surface area contributed by atoms with Crippen LogP contribution in [0.2, 0.25) is 0 Å². The number of carbonyl (C=O) groups is 1. The fourth-order valence-corrected chi connectivity index (χ4v) is 0.793. The van der Waals surface area contributed by atoms with E-state index < -0.39 is 40.6 Å². The average molecular weight is 320 g/mol. The molecule has 0 aliphatic rings. The van der Waals surface area contributed by atoms with E-state index in [2.05, 4.69) is 0 Å². The van der Waals surface area contributed by atoms with Crippen LogP contribution in [0.3, 0.4) is 0 Å². The van der Waals surface area contributed by atoms with Crippen LogP contribution in [0, 0.1) is 29.1 Å². The molecule has 0 atom stereocenters. The van der Waals surface area contributed by atoms with Gasteiger partial charge >= 0.3 is 5.97 Å². The molecule has 1 rings (SSSR count). The van der Waals surface area contributed by atoms with Crippen molar-refractivity contribution >= 4 is 5.97 Å². The number of aromatic carboxylic acids is 1. The van der Waals surface area contributed by atoms with Gasteiger partial charge in [0, 0.05) is 22.4 Å². The second-order valence-corrected chi connectivity index (χ2v) is 2.25. The van der Waals surface area contributed by atoms with Gasteiger partial charge < -0.3 is 5.11 Å². The van der Waals surface area contributed by atoms with Gasteiger partial charge in [0.1, 0.15) is 5.56 Å². The molecule has 0 aromatic heterocycles. The Balaban J connectivity index is 0.00000196. The standard InChI is InChI=1S/C7HF5O2.Ag/c8-2-1(7(13)14)3(9)5(11)6(12)4(2)10;/h(H,13,14);. The fraction of sp³-hybridized carbons (Fsp3) is 0. The van der Waals surface area contributed by atoms with Crippen molar-refractivity contribution in [2.75, 3.05) is 0 Å². The van der Waals surface area contributed by atoms with Gasteiger partial charge in [0.05, 0.1) is 0 Å². The van der Waals surface area contributed by atoms with E-state index in [1.54, 1.807) is 0 Å². The van der Waals surface area contributed by atoms with Crippen molar-refractivity contribution in [1.82, 2.24) is 0 Å². The molecule has 15 heavy (non-hydrogen) atoms. The molecule has 0 aliphatic heterocycles. The third-order valence-electron chi connectivity index (χ3n) is 1.42. The second kappa shape index (κ2) is 4.73. The van der Waals surface area contributed by atoms with E-state index in [0.717, 1.165) is 0 Å². The van der Waals surface area contributed by atoms with E-state index >= 15 is 0 Å². The molecular weight excluding hydrogens is 319 g/mol. The van der Waals surface area contributed by atoms with Crippen LogP contribution in [0.1, 0.15) is 10.4 Å². The SMILES string of the molecule is O=C(O)c1c(F)c(F)c(F)c(F)c1F.[Ag]. The van der Waals surface area contributed by atoms with Gasteiger partial charge in [-0.25, -0.2) is 26.7 Å². The summed E-state index contributed by atoms with van der Waals surface area (Å²) in [7, 11) is 0. The molecule has 0 fully saturated rings. The zero-order valence-electron chi connectivity index (χ0n) is 6.55. The number of carboxylic acid groups (broad SMARTS) is 1. The minimum absolute atomic E-state index is 0. The van der Waals surface area contributed by atoms with Gasteiger partial charge in [-0.2, -0.15) is 0 Å². The molecule has 2 nitrogen and oxygen atoms in total. The summed E-state index contributed by atoms with van der Waals surface area (Å²) < 4.78 is 62.1. The number of hydrogen-bond acceptors (Lipinski definition) is 1. The molecule has 0 unspecified atom stereocenters. The quantitative estimate of drug-likeness (QED) is 0.372. The van der Waals surface area contributed by atoms with Gasteiger partial charge in [-0.3, -0.25) is 0 Å². The molecular formula is C7HAgF5O2. The van der Waals surface area contributed by atoms with E-state index in [-0.39, 0.29) is 22.4 Å².